The highest BCUT2D eigenvalue weighted by molar-refractivity contribution is 5.83. The number of nitrogens with two attached hydrogens (primary N) is 1. The number of carbonyl (C=O) groups excluding carboxylic acids is 2. The van der Waals surface area contributed by atoms with Crippen molar-refractivity contribution in [3.8, 4) is 0 Å². The van der Waals surface area contributed by atoms with Crippen LogP contribution < -0.4 is 16.4 Å². The number of carbonyl (C=O) groups is 3. The molecule has 5 N–H and O–H groups in total. The van der Waals surface area contributed by atoms with Crippen molar-refractivity contribution in [1.82, 2.24) is 15.5 Å². The van der Waals surface area contributed by atoms with Crippen LogP contribution in [0.15, 0.2) is 0 Å². The molecule has 0 aromatic carbocycles. The number of nitrogens with one attached hydrogen (secondary N) is 2. The second-order valence-corrected chi connectivity index (χ2v) is 5.17. The molecule has 2 atom stereocenters. The highest BCUT2D eigenvalue weighted by Gasteiger charge is 2.24. The number of hydrogen-bond donors (Lipinski definition) is 4. The molecule has 1 fully saturated rings. The molecule has 0 spiro atoms. The van der Waals surface area contributed by atoms with Crippen LogP contribution in [-0.4, -0.2) is 59.6 Å². The predicted octanol–water partition coefficient (Wildman–Crippen LogP) is -0.511. The van der Waals surface area contributed by atoms with Crippen molar-refractivity contribution < 1.29 is 19.5 Å². The standard InChI is InChI=1S/C13H24N4O4/c1-2-17-7-3-4-9(17)8-15-13(21)16-10(12(19)20)5-6-11(14)18/h9-10H,2-8H2,1H3,(H2,14,18)(H,19,20)(H2,15,16,21)/t9?,10-/m0/s1. The van der Waals surface area contributed by atoms with E-state index in [1.54, 1.807) is 0 Å². The van der Waals surface area contributed by atoms with Crippen LogP contribution in [-0.2, 0) is 9.59 Å². The van der Waals surface area contributed by atoms with Gasteiger partial charge in [0, 0.05) is 19.0 Å². The highest BCUT2D eigenvalue weighted by Crippen LogP contribution is 2.15. The molecule has 0 aromatic rings. The summed E-state index contributed by atoms with van der Waals surface area (Å²) in [5.41, 5.74) is 4.98. The Balaban J connectivity index is 2.36. The largest absolute Gasteiger partial charge is 0.480 e. The van der Waals surface area contributed by atoms with E-state index in [0.717, 1.165) is 25.9 Å². The molecule has 1 heterocycles. The first-order valence-electron chi connectivity index (χ1n) is 7.23. The van der Waals surface area contributed by atoms with Crippen molar-refractivity contribution in [3.63, 3.8) is 0 Å². The Morgan fingerprint density at radius 3 is 2.71 bits per heavy atom. The summed E-state index contributed by atoms with van der Waals surface area (Å²) in [5.74, 6) is -1.77. The molecule has 3 amide bonds. The van der Waals surface area contributed by atoms with Gasteiger partial charge in [-0.05, 0) is 32.4 Å². The molecule has 8 heteroatoms. The topological polar surface area (TPSA) is 125 Å². The molecule has 0 bridgehead atoms. The van der Waals surface area contributed by atoms with Gasteiger partial charge >= 0.3 is 12.0 Å². The van der Waals surface area contributed by atoms with Crippen molar-refractivity contribution in [2.45, 2.75) is 44.7 Å². The lowest BCUT2D eigenvalue weighted by Gasteiger charge is -2.23. The first-order chi connectivity index (χ1) is 9.93. The van der Waals surface area contributed by atoms with Crippen molar-refractivity contribution in [3.05, 3.63) is 0 Å². The number of nitrogens with zero attached hydrogens (tertiary/aromatic N) is 1. The molecular formula is C13H24N4O4. The third-order valence-corrected chi connectivity index (χ3v) is 3.69. The highest BCUT2D eigenvalue weighted by atomic mass is 16.4. The quantitative estimate of drug-likeness (QED) is 0.480. The van der Waals surface area contributed by atoms with Crippen LogP contribution in [0.3, 0.4) is 0 Å². The van der Waals surface area contributed by atoms with Gasteiger partial charge in [-0.25, -0.2) is 9.59 Å². The monoisotopic (exact) mass is 300 g/mol. The van der Waals surface area contributed by atoms with Gasteiger partial charge in [0.1, 0.15) is 6.04 Å². The average molecular weight is 300 g/mol. The normalized spacial score (nSPS) is 20.0. The smallest absolute Gasteiger partial charge is 0.326 e. The van der Waals surface area contributed by atoms with Gasteiger partial charge < -0.3 is 21.5 Å². The van der Waals surface area contributed by atoms with Gasteiger partial charge in [-0.15, -0.1) is 0 Å². The lowest BCUT2D eigenvalue weighted by molar-refractivity contribution is -0.139. The third kappa shape index (κ3) is 5.99. The summed E-state index contributed by atoms with van der Waals surface area (Å²) in [6, 6.07) is -1.34. The zero-order valence-corrected chi connectivity index (χ0v) is 12.3. The number of urea groups is 1. The second-order valence-electron chi connectivity index (χ2n) is 5.17. The number of primary amides is 1. The van der Waals surface area contributed by atoms with Gasteiger partial charge in [0.25, 0.3) is 0 Å². The van der Waals surface area contributed by atoms with Crippen LogP contribution in [0.2, 0.25) is 0 Å². The summed E-state index contributed by atoms with van der Waals surface area (Å²) in [5, 5.41) is 14.0. The van der Waals surface area contributed by atoms with Crippen LogP contribution >= 0.6 is 0 Å². The molecule has 8 nitrogen and oxygen atoms in total. The number of likely N-dealkylation sites (tertiary alicyclic amines) is 1. The van der Waals surface area contributed by atoms with Crippen LogP contribution in [0.4, 0.5) is 4.79 Å². The van der Waals surface area contributed by atoms with E-state index in [1.807, 2.05) is 0 Å². The molecule has 21 heavy (non-hydrogen) atoms. The summed E-state index contributed by atoms with van der Waals surface area (Å²) in [6.45, 7) is 4.52. The maximum absolute atomic E-state index is 11.7. The minimum atomic E-state index is -1.18. The number of hydrogen-bond acceptors (Lipinski definition) is 4. The lowest BCUT2D eigenvalue weighted by atomic mass is 10.1. The molecule has 1 saturated heterocycles. The van der Waals surface area contributed by atoms with E-state index < -0.39 is 23.9 Å². The molecule has 0 aromatic heterocycles. The predicted molar refractivity (Wildman–Crippen MR) is 76.7 cm³/mol. The van der Waals surface area contributed by atoms with E-state index in [0.29, 0.717) is 12.6 Å². The number of aliphatic carboxylic acids is 1. The summed E-state index contributed by atoms with van der Waals surface area (Å²) in [7, 11) is 0. The number of carboxylic acid groups (broad SMARTS) is 1. The Hall–Kier alpha value is -1.83. The van der Waals surface area contributed by atoms with Crippen LogP contribution in [0, 0.1) is 0 Å². The first-order valence-corrected chi connectivity index (χ1v) is 7.23. The van der Waals surface area contributed by atoms with Crippen LogP contribution in [0.5, 0.6) is 0 Å². The Morgan fingerprint density at radius 1 is 1.43 bits per heavy atom. The summed E-state index contributed by atoms with van der Waals surface area (Å²) >= 11 is 0. The maximum atomic E-state index is 11.7. The summed E-state index contributed by atoms with van der Waals surface area (Å²) in [6.07, 6.45) is 2.04. The second kappa shape index (κ2) is 8.46. The molecule has 120 valence electrons. The van der Waals surface area contributed by atoms with Crippen molar-refractivity contribution >= 4 is 17.9 Å². The van der Waals surface area contributed by atoms with E-state index in [4.69, 9.17) is 10.8 Å². The molecule has 1 aliphatic rings. The molecule has 1 unspecified atom stereocenters. The fraction of sp³-hybridized carbons (Fsp3) is 0.769. The van der Waals surface area contributed by atoms with Gasteiger partial charge in [0.05, 0.1) is 0 Å². The summed E-state index contributed by atoms with van der Waals surface area (Å²) in [4.78, 5) is 35.7. The first kappa shape index (κ1) is 17.2. The Bertz CT molecular complexity index is 388. The zero-order chi connectivity index (χ0) is 15.8. The van der Waals surface area contributed by atoms with E-state index >= 15 is 0 Å². The molecule has 1 aliphatic heterocycles. The molecule has 0 saturated carbocycles. The fourth-order valence-corrected chi connectivity index (χ4v) is 2.51. The molecule has 1 rings (SSSR count). The molecule has 0 radical (unpaired) electrons. The number of rotatable bonds is 8. The van der Waals surface area contributed by atoms with Gasteiger partial charge in [0.15, 0.2) is 0 Å². The maximum Gasteiger partial charge on any atom is 0.326 e. The Labute approximate surface area is 124 Å². The van der Waals surface area contributed by atoms with Crippen molar-refractivity contribution in [1.29, 1.82) is 0 Å². The van der Waals surface area contributed by atoms with Crippen LogP contribution in [0.25, 0.3) is 0 Å². The van der Waals surface area contributed by atoms with Crippen LogP contribution in [0.1, 0.15) is 32.6 Å². The van der Waals surface area contributed by atoms with Gasteiger partial charge in [0.2, 0.25) is 5.91 Å². The molecule has 0 aliphatic carbocycles. The minimum absolute atomic E-state index is 0.0113. The third-order valence-electron chi connectivity index (χ3n) is 3.69. The van der Waals surface area contributed by atoms with Gasteiger partial charge in [-0.2, -0.15) is 0 Å². The zero-order valence-electron chi connectivity index (χ0n) is 12.3. The van der Waals surface area contributed by atoms with Gasteiger partial charge in [-0.3, -0.25) is 9.69 Å². The lowest BCUT2D eigenvalue weighted by Crippen LogP contribution is -2.49. The minimum Gasteiger partial charge on any atom is -0.480 e. The van der Waals surface area contributed by atoms with Gasteiger partial charge in [-0.1, -0.05) is 6.92 Å². The number of likely N-dealkylation sites (N-methyl/N-ethyl adjacent to an activating group) is 1. The average Bonchev–Trinajstić information content (AvgIpc) is 2.88. The van der Waals surface area contributed by atoms with E-state index in [-0.39, 0.29) is 12.8 Å². The Morgan fingerprint density at radius 2 is 2.14 bits per heavy atom. The Kier molecular flexibility index (Phi) is 6.93. The van der Waals surface area contributed by atoms with E-state index in [9.17, 15) is 14.4 Å². The molecular weight excluding hydrogens is 276 g/mol. The number of amides is 3. The van der Waals surface area contributed by atoms with E-state index in [1.165, 1.54) is 0 Å². The van der Waals surface area contributed by atoms with Crippen molar-refractivity contribution in [2.24, 2.45) is 5.73 Å². The SMILES string of the molecule is CCN1CCCC1CNC(=O)N[C@@H](CCC(N)=O)C(=O)O. The fourth-order valence-electron chi connectivity index (χ4n) is 2.51. The van der Waals surface area contributed by atoms with E-state index in [2.05, 4.69) is 22.5 Å². The summed E-state index contributed by atoms with van der Waals surface area (Å²) < 4.78 is 0. The van der Waals surface area contributed by atoms with Crippen molar-refractivity contribution in [2.75, 3.05) is 19.6 Å². The number of carboxylic acids is 1.